The van der Waals surface area contributed by atoms with Crippen LogP contribution in [0, 0.1) is 17.1 Å². The van der Waals surface area contributed by atoms with Gasteiger partial charge in [0.15, 0.2) is 0 Å². The monoisotopic (exact) mass is 228 g/mol. The maximum atomic E-state index is 13.7. The Morgan fingerprint density at radius 1 is 1.29 bits per heavy atom. The van der Waals surface area contributed by atoms with Gasteiger partial charge >= 0.3 is 0 Å². The number of pyridine rings is 1. The molecule has 84 valence electrons. The Hall–Kier alpha value is -2.41. The molecule has 0 N–H and O–H groups in total. The van der Waals surface area contributed by atoms with Crippen LogP contribution in [-0.4, -0.2) is 12.1 Å². The van der Waals surface area contributed by atoms with E-state index in [4.69, 9.17) is 10.00 Å². The van der Waals surface area contributed by atoms with Gasteiger partial charge in [-0.2, -0.15) is 5.26 Å². The second-order valence-electron chi connectivity index (χ2n) is 3.39. The van der Waals surface area contributed by atoms with Crippen LogP contribution in [0.2, 0.25) is 0 Å². The molecule has 1 heterocycles. The van der Waals surface area contributed by atoms with E-state index in [9.17, 15) is 4.39 Å². The maximum Gasteiger partial charge on any atom is 0.141 e. The molecule has 1 aromatic heterocycles. The number of halogens is 1. The molecule has 0 unspecified atom stereocenters. The number of hydrogen-bond acceptors (Lipinski definition) is 3. The van der Waals surface area contributed by atoms with E-state index in [1.807, 2.05) is 6.07 Å². The highest BCUT2D eigenvalue weighted by Crippen LogP contribution is 2.26. The Bertz CT molecular complexity index is 590. The third kappa shape index (κ3) is 2.23. The summed E-state index contributed by atoms with van der Waals surface area (Å²) in [4.78, 5) is 3.84. The highest BCUT2D eigenvalue weighted by molar-refractivity contribution is 5.66. The highest BCUT2D eigenvalue weighted by atomic mass is 19.1. The van der Waals surface area contributed by atoms with Crippen LogP contribution in [0.1, 0.15) is 5.69 Å². The summed E-state index contributed by atoms with van der Waals surface area (Å²) < 4.78 is 18.7. The van der Waals surface area contributed by atoms with Gasteiger partial charge in [-0.25, -0.2) is 9.37 Å². The van der Waals surface area contributed by atoms with Crippen LogP contribution >= 0.6 is 0 Å². The Morgan fingerprint density at radius 3 is 2.82 bits per heavy atom. The number of methoxy groups -OCH3 is 1. The lowest BCUT2D eigenvalue weighted by Crippen LogP contribution is -1.90. The molecule has 17 heavy (non-hydrogen) atoms. The quantitative estimate of drug-likeness (QED) is 0.793. The average molecular weight is 228 g/mol. The van der Waals surface area contributed by atoms with Crippen LogP contribution in [0.25, 0.3) is 11.1 Å². The van der Waals surface area contributed by atoms with E-state index in [1.165, 1.54) is 25.4 Å². The number of rotatable bonds is 2. The van der Waals surface area contributed by atoms with Gasteiger partial charge in [0.2, 0.25) is 0 Å². The van der Waals surface area contributed by atoms with Crippen molar-refractivity contribution < 1.29 is 9.13 Å². The number of benzene rings is 1. The largest absolute Gasteiger partial charge is 0.497 e. The zero-order valence-corrected chi connectivity index (χ0v) is 9.14. The molecule has 0 aliphatic carbocycles. The molecule has 3 nitrogen and oxygen atoms in total. The van der Waals surface area contributed by atoms with Gasteiger partial charge in [-0.05, 0) is 35.9 Å². The number of ether oxygens (including phenoxy) is 1. The normalized spacial score (nSPS) is 9.71. The fourth-order valence-corrected chi connectivity index (χ4v) is 1.51. The summed E-state index contributed by atoms with van der Waals surface area (Å²) in [6.45, 7) is 0. The highest BCUT2D eigenvalue weighted by Gasteiger charge is 2.07. The van der Waals surface area contributed by atoms with Gasteiger partial charge in [0.25, 0.3) is 0 Å². The lowest BCUT2D eigenvalue weighted by atomic mass is 10.1. The fourth-order valence-electron chi connectivity index (χ4n) is 1.51. The first-order valence-electron chi connectivity index (χ1n) is 4.94. The van der Waals surface area contributed by atoms with Gasteiger partial charge in [-0.15, -0.1) is 0 Å². The van der Waals surface area contributed by atoms with Crippen molar-refractivity contribution in [3.05, 3.63) is 48.0 Å². The summed E-state index contributed by atoms with van der Waals surface area (Å²) in [5.74, 6) is 0.206. The molecular formula is C13H9FN2O. The summed E-state index contributed by atoms with van der Waals surface area (Å²) in [6, 6.07) is 9.58. The summed E-state index contributed by atoms with van der Waals surface area (Å²) in [5, 5.41) is 8.75. The predicted octanol–water partition coefficient (Wildman–Crippen LogP) is 2.77. The Balaban J connectivity index is 2.55. The fraction of sp³-hybridized carbons (Fsp3) is 0.0769. The molecule has 0 aliphatic heterocycles. The van der Waals surface area contributed by atoms with E-state index in [2.05, 4.69) is 4.98 Å². The zero-order chi connectivity index (χ0) is 12.3. The molecule has 0 atom stereocenters. The molecule has 0 amide bonds. The third-order valence-corrected chi connectivity index (χ3v) is 2.36. The summed E-state index contributed by atoms with van der Waals surface area (Å²) in [7, 11) is 1.52. The molecule has 0 spiro atoms. The molecule has 0 fully saturated rings. The lowest BCUT2D eigenvalue weighted by Gasteiger charge is -2.06. The van der Waals surface area contributed by atoms with E-state index >= 15 is 0 Å². The van der Waals surface area contributed by atoms with Crippen LogP contribution in [0.3, 0.4) is 0 Å². The topological polar surface area (TPSA) is 45.9 Å². The second kappa shape index (κ2) is 4.62. The first-order chi connectivity index (χ1) is 8.24. The molecule has 0 radical (unpaired) electrons. The lowest BCUT2D eigenvalue weighted by molar-refractivity contribution is 0.414. The zero-order valence-electron chi connectivity index (χ0n) is 9.14. The Labute approximate surface area is 98.1 Å². The second-order valence-corrected chi connectivity index (χ2v) is 3.39. The van der Waals surface area contributed by atoms with E-state index in [0.29, 0.717) is 16.9 Å². The van der Waals surface area contributed by atoms with E-state index in [1.54, 1.807) is 18.2 Å². The van der Waals surface area contributed by atoms with Crippen molar-refractivity contribution in [1.29, 1.82) is 5.26 Å². The first kappa shape index (κ1) is 11.1. The number of hydrogen-bond donors (Lipinski definition) is 0. The minimum atomic E-state index is -0.360. The van der Waals surface area contributed by atoms with E-state index < -0.39 is 0 Å². The van der Waals surface area contributed by atoms with E-state index in [-0.39, 0.29) is 11.5 Å². The summed E-state index contributed by atoms with van der Waals surface area (Å²) >= 11 is 0. The minimum Gasteiger partial charge on any atom is -0.497 e. The number of nitriles is 1. The number of aromatic nitrogens is 1. The van der Waals surface area contributed by atoms with Gasteiger partial charge in [0.1, 0.15) is 23.3 Å². The van der Waals surface area contributed by atoms with Crippen molar-refractivity contribution in [1.82, 2.24) is 4.98 Å². The van der Waals surface area contributed by atoms with Crippen LogP contribution < -0.4 is 4.74 Å². The molecule has 1 aromatic carbocycles. The van der Waals surface area contributed by atoms with Gasteiger partial charge in [-0.1, -0.05) is 0 Å². The van der Waals surface area contributed by atoms with Crippen molar-refractivity contribution in [2.45, 2.75) is 0 Å². The van der Waals surface area contributed by atoms with Crippen LogP contribution in [0.15, 0.2) is 36.5 Å². The van der Waals surface area contributed by atoms with Crippen molar-refractivity contribution in [2.75, 3.05) is 7.11 Å². The van der Waals surface area contributed by atoms with Crippen molar-refractivity contribution in [3.63, 3.8) is 0 Å². The Morgan fingerprint density at radius 2 is 2.12 bits per heavy atom. The molecule has 4 heteroatoms. The van der Waals surface area contributed by atoms with Gasteiger partial charge in [-0.3, -0.25) is 0 Å². The third-order valence-electron chi connectivity index (χ3n) is 2.36. The smallest absolute Gasteiger partial charge is 0.141 e. The molecule has 2 aromatic rings. The van der Waals surface area contributed by atoms with Gasteiger partial charge in [0.05, 0.1) is 7.11 Å². The average Bonchev–Trinajstić information content (AvgIpc) is 2.39. The predicted molar refractivity (Wildman–Crippen MR) is 60.9 cm³/mol. The summed E-state index contributed by atoms with van der Waals surface area (Å²) in [5.41, 5.74) is 1.25. The van der Waals surface area contributed by atoms with Crippen molar-refractivity contribution in [2.24, 2.45) is 0 Å². The Kier molecular flexibility index (Phi) is 3.01. The molecule has 0 saturated carbocycles. The van der Waals surface area contributed by atoms with Crippen molar-refractivity contribution in [3.8, 4) is 22.9 Å². The molecule has 0 saturated heterocycles. The molecular weight excluding hydrogens is 219 g/mol. The molecule has 0 aliphatic rings. The molecule has 2 rings (SSSR count). The minimum absolute atomic E-state index is 0.254. The maximum absolute atomic E-state index is 13.7. The summed E-state index contributed by atoms with van der Waals surface area (Å²) in [6.07, 6.45) is 1.48. The first-order valence-corrected chi connectivity index (χ1v) is 4.94. The van der Waals surface area contributed by atoms with Crippen LogP contribution in [-0.2, 0) is 0 Å². The van der Waals surface area contributed by atoms with Gasteiger partial charge in [0, 0.05) is 11.8 Å². The standard InChI is InChI=1S/C13H9FN2O/c1-17-11-2-3-13(14)12(7-11)9-4-5-16-10(6-9)8-15/h2-7H,1H3. The number of nitrogens with zero attached hydrogens (tertiary/aromatic N) is 2. The van der Waals surface area contributed by atoms with Crippen molar-refractivity contribution >= 4 is 0 Å². The van der Waals surface area contributed by atoms with Gasteiger partial charge < -0.3 is 4.74 Å². The molecule has 0 bridgehead atoms. The SMILES string of the molecule is COc1ccc(F)c(-c2ccnc(C#N)c2)c1. The van der Waals surface area contributed by atoms with Crippen LogP contribution in [0.5, 0.6) is 5.75 Å². The van der Waals surface area contributed by atoms with E-state index in [0.717, 1.165) is 0 Å². The van der Waals surface area contributed by atoms with Crippen LogP contribution in [0.4, 0.5) is 4.39 Å².